The molecule has 0 spiro atoms. The molecule has 1 fully saturated rings. The van der Waals surface area contributed by atoms with Gasteiger partial charge in [0.2, 0.25) is 5.91 Å². The predicted octanol–water partition coefficient (Wildman–Crippen LogP) is 1.25. The van der Waals surface area contributed by atoms with Crippen molar-refractivity contribution in [1.29, 1.82) is 0 Å². The summed E-state index contributed by atoms with van der Waals surface area (Å²) < 4.78 is 5.04. The van der Waals surface area contributed by atoms with Crippen molar-refractivity contribution in [3.05, 3.63) is 0 Å². The Kier molecular flexibility index (Phi) is 6.52. The molecule has 1 amide bonds. The lowest BCUT2D eigenvalue weighted by molar-refractivity contribution is -0.137. The highest BCUT2D eigenvalue weighted by Crippen LogP contribution is 2.29. The summed E-state index contributed by atoms with van der Waals surface area (Å²) in [6.07, 6.45) is 4.43. The van der Waals surface area contributed by atoms with Crippen molar-refractivity contribution < 1.29 is 9.53 Å². The topological polar surface area (TPSA) is 55.6 Å². The number of nitrogens with zero attached hydrogens (tertiary/aromatic N) is 1. The van der Waals surface area contributed by atoms with Crippen molar-refractivity contribution in [2.75, 3.05) is 33.4 Å². The first-order chi connectivity index (χ1) is 8.19. The Balaban J connectivity index is 2.45. The van der Waals surface area contributed by atoms with Gasteiger partial charge in [-0.2, -0.15) is 0 Å². The molecule has 1 saturated carbocycles. The lowest BCUT2D eigenvalue weighted by Crippen LogP contribution is -2.42. The zero-order valence-electron chi connectivity index (χ0n) is 11.2. The summed E-state index contributed by atoms with van der Waals surface area (Å²) in [4.78, 5) is 14.2. The van der Waals surface area contributed by atoms with Crippen molar-refractivity contribution in [3.8, 4) is 0 Å². The normalized spacial score (nSPS) is 24.6. The van der Waals surface area contributed by atoms with Crippen molar-refractivity contribution in [2.24, 2.45) is 17.6 Å². The Morgan fingerprint density at radius 2 is 1.94 bits per heavy atom. The van der Waals surface area contributed by atoms with Gasteiger partial charge < -0.3 is 15.4 Å². The van der Waals surface area contributed by atoms with Crippen LogP contribution in [0.15, 0.2) is 0 Å². The van der Waals surface area contributed by atoms with Crippen molar-refractivity contribution in [3.63, 3.8) is 0 Å². The summed E-state index contributed by atoms with van der Waals surface area (Å²) in [5.74, 6) is 1.27. The van der Waals surface area contributed by atoms with Gasteiger partial charge in [-0.25, -0.2) is 0 Å². The molecule has 0 bridgehead atoms. The average molecular weight is 242 g/mol. The van der Waals surface area contributed by atoms with Crippen LogP contribution in [0, 0.1) is 11.8 Å². The molecule has 0 radical (unpaired) electrons. The van der Waals surface area contributed by atoms with Gasteiger partial charge >= 0.3 is 0 Å². The van der Waals surface area contributed by atoms with Crippen LogP contribution >= 0.6 is 0 Å². The number of ether oxygens (including phenoxy) is 1. The van der Waals surface area contributed by atoms with Gasteiger partial charge in [0.25, 0.3) is 0 Å². The molecule has 0 unspecified atom stereocenters. The summed E-state index contributed by atoms with van der Waals surface area (Å²) in [6.45, 7) is 4.70. The molecule has 0 aromatic carbocycles. The standard InChI is InChI=1S/C13H26N2O2/c1-11-3-5-12(6-4-11)13(16)15(8-7-14)9-10-17-2/h11-12H,3-10,14H2,1-2H3. The van der Waals surface area contributed by atoms with Gasteiger partial charge in [-0.3, -0.25) is 4.79 Å². The van der Waals surface area contributed by atoms with Gasteiger partial charge in [0.1, 0.15) is 0 Å². The molecular weight excluding hydrogens is 216 g/mol. The lowest BCUT2D eigenvalue weighted by atomic mass is 9.82. The molecule has 100 valence electrons. The minimum atomic E-state index is 0.217. The maximum atomic E-state index is 12.3. The van der Waals surface area contributed by atoms with Crippen molar-refractivity contribution >= 4 is 5.91 Å². The molecule has 2 N–H and O–H groups in total. The summed E-state index contributed by atoms with van der Waals surface area (Å²) in [7, 11) is 1.66. The maximum Gasteiger partial charge on any atom is 0.225 e. The predicted molar refractivity (Wildman–Crippen MR) is 68.6 cm³/mol. The molecule has 0 aliphatic heterocycles. The quantitative estimate of drug-likeness (QED) is 0.762. The maximum absolute atomic E-state index is 12.3. The van der Waals surface area contributed by atoms with Crippen LogP contribution in [0.2, 0.25) is 0 Å². The molecule has 4 heteroatoms. The third-order valence-electron chi connectivity index (χ3n) is 3.64. The Morgan fingerprint density at radius 3 is 2.47 bits per heavy atom. The number of rotatable bonds is 6. The average Bonchev–Trinajstić information content (AvgIpc) is 2.34. The lowest BCUT2D eigenvalue weighted by Gasteiger charge is -2.30. The molecule has 1 rings (SSSR count). The Hall–Kier alpha value is -0.610. The van der Waals surface area contributed by atoms with Crippen LogP contribution in [0.4, 0.5) is 0 Å². The van der Waals surface area contributed by atoms with Gasteiger partial charge in [0.05, 0.1) is 6.61 Å². The zero-order chi connectivity index (χ0) is 12.7. The molecule has 1 aliphatic rings. The summed E-state index contributed by atoms with van der Waals surface area (Å²) in [5.41, 5.74) is 5.56. The van der Waals surface area contributed by atoms with Gasteiger partial charge in [0, 0.05) is 32.7 Å². The van der Waals surface area contributed by atoms with Crippen LogP contribution in [0.5, 0.6) is 0 Å². The van der Waals surface area contributed by atoms with E-state index in [1.54, 1.807) is 7.11 Å². The van der Waals surface area contributed by atoms with Crippen LogP contribution in [0.25, 0.3) is 0 Å². The van der Waals surface area contributed by atoms with E-state index in [9.17, 15) is 4.79 Å². The van der Waals surface area contributed by atoms with E-state index < -0.39 is 0 Å². The van der Waals surface area contributed by atoms with E-state index >= 15 is 0 Å². The van der Waals surface area contributed by atoms with Crippen LogP contribution in [-0.4, -0.2) is 44.2 Å². The molecule has 0 aromatic rings. The van der Waals surface area contributed by atoms with Crippen molar-refractivity contribution in [2.45, 2.75) is 32.6 Å². The first-order valence-electron chi connectivity index (χ1n) is 6.66. The van der Waals surface area contributed by atoms with E-state index in [0.29, 0.717) is 26.2 Å². The Labute approximate surface area is 104 Å². The van der Waals surface area contributed by atoms with Gasteiger partial charge in [0.15, 0.2) is 0 Å². The largest absolute Gasteiger partial charge is 0.383 e. The minimum Gasteiger partial charge on any atom is -0.383 e. The van der Waals surface area contributed by atoms with Crippen LogP contribution in [-0.2, 0) is 9.53 Å². The van der Waals surface area contributed by atoms with Gasteiger partial charge in [-0.15, -0.1) is 0 Å². The second-order valence-corrected chi connectivity index (χ2v) is 5.06. The highest BCUT2D eigenvalue weighted by Gasteiger charge is 2.27. The molecule has 17 heavy (non-hydrogen) atoms. The van der Waals surface area contributed by atoms with Crippen LogP contribution in [0.1, 0.15) is 32.6 Å². The van der Waals surface area contributed by atoms with Gasteiger partial charge in [-0.05, 0) is 31.6 Å². The van der Waals surface area contributed by atoms with E-state index in [1.807, 2.05) is 4.90 Å². The van der Waals surface area contributed by atoms with E-state index in [4.69, 9.17) is 10.5 Å². The smallest absolute Gasteiger partial charge is 0.225 e. The molecule has 0 atom stereocenters. The number of hydrogen-bond donors (Lipinski definition) is 1. The van der Waals surface area contributed by atoms with Crippen LogP contribution in [0.3, 0.4) is 0 Å². The fourth-order valence-corrected chi connectivity index (χ4v) is 2.45. The summed E-state index contributed by atoms with van der Waals surface area (Å²) in [5, 5.41) is 0. The second-order valence-electron chi connectivity index (χ2n) is 5.06. The number of carbonyl (C=O) groups is 1. The third kappa shape index (κ3) is 4.64. The third-order valence-corrected chi connectivity index (χ3v) is 3.64. The number of amides is 1. The fraction of sp³-hybridized carbons (Fsp3) is 0.923. The van der Waals surface area contributed by atoms with Crippen LogP contribution < -0.4 is 5.73 Å². The van der Waals surface area contributed by atoms with E-state index in [2.05, 4.69) is 6.92 Å². The SMILES string of the molecule is COCCN(CCN)C(=O)C1CCC(C)CC1. The van der Waals surface area contributed by atoms with Gasteiger partial charge in [-0.1, -0.05) is 6.92 Å². The van der Waals surface area contributed by atoms with E-state index in [1.165, 1.54) is 12.8 Å². The molecule has 0 saturated heterocycles. The monoisotopic (exact) mass is 242 g/mol. The molecule has 1 aliphatic carbocycles. The van der Waals surface area contributed by atoms with E-state index in [0.717, 1.165) is 18.8 Å². The second kappa shape index (κ2) is 7.67. The number of nitrogens with two attached hydrogens (primary N) is 1. The first-order valence-corrected chi connectivity index (χ1v) is 6.66. The summed E-state index contributed by atoms with van der Waals surface area (Å²) in [6, 6.07) is 0. The molecule has 0 aromatic heterocycles. The highest BCUT2D eigenvalue weighted by molar-refractivity contribution is 5.78. The molecule has 4 nitrogen and oxygen atoms in total. The number of methoxy groups -OCH3 is 1. The van der Waals surface area contributed by atoms with E-state index in [-0.39, 0.29) is 11.8 Å². The molecule has 0 heterocycles. The minimum absolute atomic E-state index is 0.217. The highest BCUT2D eigenvalue weighted by atomic mass is 16.5. The van der Waals surface area contributed by atoms with Crippen molar-refractivity contribution in [1.82, 2.24) is 4.90 Å². The molecular formula is C13H26N2O2. The Bertz CT molecular complexity index is 225. The zero-order valence-corrected chi connectivity index (χ0v) is 11.2. The fourth-order valence-electron chi connectivity index (χ4n) is 2.45. The summed E-state index contributed by atoms with van der Waals surface area (Å²) >= 11 is 0. The Morgan fingerprint density at radius 1 is 1.29 bits per heavy atom. The first kappa shape index (κ1) is 14.5. The number of hydrogen-bond acceptors (Lipinski definition) is 3. The number of carbonyl (C=O) groups excluding carboxylic acids is 1.